The molecule has 0 aliphatic carbocycles. The average molecular weight is 301 g/mol. The minimum atomic E-state index is 1.18. The number of hydrogen-bond donors (Lipinski definition) is 1. The highest BCUT2D eigenvalue weighted by molar-refractivity contribution is 14.1. The van der Waals surface area contributed by atoms with Crippen LogP contribution in [0.4, 0.5) is 0 Å². The van der Waals surface area contributed by atoms with Crippen LogP contribution in [-0.4, -0.2) is 29.0 Å². The molecule has 3 heteroatoms. The minimum absolute atomic E-state index is 1.18. The van der Waals surface area contributed by atoms with E-state index in [4.69, 9.17) is 0 Å². The van der Waals surface area contributed by atoms with Crippen LogP contribution in [-0.2, 0) is 0 Å². The third-order valence-corrected chi connectivity index (χ3v) is 3.28. The predicted molar refractivity (Wildman–Crippen MR) is 68.6 cm³/mol. The molecule has 0 bridgehead atoms. The molecular weight excluding hydrogens is 281 g/mol. The van der Waals surface area contributed by atoms with Crippen molar-refractivity contribution in [3.05, 3.63) is 0 Å². The Hall–Kier alpha value is 1.04. The van der Waals surface area contributed by atoms with Gasteiger partial charge in [-0.2, -0.15) is 11.8 Å². The van der Waals surface area contributed by atoms with Gasteiger partial charge in [0.05, 0.1) is 0 Å². The molecule has 0 aliphatic heterocycles. The molecule has 0 aromatic heterocycles. The standard InChI is InChI=1S/C9H20INS/c1-2-12-9-8-11-7-5-3-4-6-10/h11H,2-9H2,1H3. The molecule has 74 valence electrons. The number of unbranched alkanes of at least 4 members (excludes halogenated alkanes) is 2. The third kappa shape index (κ3) is 11.0. The molecule has 0 amide bonds. The Bertz CT molecular complexity index is 70.9. The van der Waals surface area contributed by atoms with Crippen molar-refractivity contribution in [3.63, 3.8) is 0 Å². The summed E-state index contributed by atoms with van der Waals surface area (Å²) in [7, 11) is 0. The maximum atomic E-state index is 3.46. The lowest BCUT2D eigenvalue weighted by Crippen LogP contribution is -2.18. The van der Waals surface area contributed by atoms with E-state index in [9.17, 15) is 0 Å². The van der Waals surface area contributed by atoms with Crippen molar-refractivity contribution in [2.24, 2.45) is 0 Å². The molecule has 0 saturated carbocycles. The van der Waals surface area contributed by atoms with Gasteiger partial charge in [-0.15, -0.1) is 0 Å². The highest BCUT2D eigenvalue weighted by Crippen LogP contribution is 1.98. The van der Waals surface area contributed by atoms with Crippen LogP contribution in [0.2, 0.25) is 0 Å². The van der Waals surface area contributed by atoms with Crippen molar-refractivity contribution < 1.29 is 0 Å². The molecule has 0 aliphatic rings. The largest absolute Gasteiger partial charge is 0.316 e. The van der Waals surface area contributed by atoms with Crippen LogP contribution >= 0.6 is 34.4 Å². The fourth-order valence-corrected chi connectivity index (χ4v) is 2.05. The number of thioether (sulfide) groups is 1. The van der Waals surface area contributed by atoms with E-state index in [0.29, 0.717) is 0 Å². The van der Waals surface area contributed by atoms with E-state index >= 15 is 0 Å². The second-order valence-corrected chi connectivity index (χ2v) is 5.17. The molecule has 1 nitrogen and oxygen atoms in total. The Morgan fingerprint density at radius 1 is 1.17 bits per heavy atom. The Kier molecular flexibility index (Phi) is 13.1. The van der Waals surface area contributed by atoms with Crippen LogP contribution in [0.25, 0.3) is 0 Å². The monoisotopic (exact) mass is 301 g/mol. The number of hydrogen-bond acceptors (Lipinski definition) is 2. The molecule has 0 radical (unpaired) electrons. The van der Waals surface area contributed by atoms with Crippen LogP contribution in [0, 0.1) is 0 Å². The van der Waals surface area contributed by atoms with Crippen molar-refractivity contribution in [2.75, 3.05) is 29.0 Å². The Labute approximate surface area is 94.6 Å². The zero-order chi connectivity index (χ0) is 9.07. The summed E-state index contributed by atoms with van der Waals surface area (Å²) >= 11 is 4.46. The molecule has 1 N–H and O–H groups in total. The van der Waals surface area contributed by atoms with E-state index in [-0.39, 0.29) is 0 Å². The number of nitrogens with one attached hydrogen (secondary N) is 1. The quantitative estimate of drug-likeness (QED) is 0.399. The van der Waals surface area contributed by atoms with Crippen molar-refractivity contribution in [1.82, 2.24) is 5.32 Å². The fraction of sp³-hybridized carbons (Fsp3) is 1.00. The Morgan fingerprint density at radius 3 is 2.67 bits per heavy atom. The molecule has 12 heavy (non-hydrogen) atoms. The lowest BCUT2D eigenvalue weighted by molar-refractivity contribution is 0.640. The van der Waals surface area contributed by atoms with E-state index in [1.165, 1.54) is 48.3 Å². The average Bonchev–Trinajstić information content (AvgIpc) is 2.10. The molecule has 0 heterocycles. The molecule has 0 fully saturated rings. The summed E-state index contributed by atoms with van der Waals surface area (Å²) in [5, 5.41) is 3.46. The smallest absolute Gasteiger partial charge is 0.00579 e. The first-order valence-corrected chi connectivity index (χ1v) is 7.44. The third-order valence-electron chi connectivity index (χ3n) is 1.61. The van der Waals surface area contributed by atoms with E-state index in [0.717, 1.165) is 0 Å². The summed E-state index contributed by atoms with van der Waals surface area (Å²) in [6, 6.07) is 0. The fourth-order valence-electron chi connectivity index (χ4n) is 0.935. The first-order chi connectivity index (χ1) is 5.91. The topological polar surface area (TPSA) is 12.0 Å². The van der Waals surface area contributed by atoms with Crippen LogP contribution in [0.3, 0.4) is 0 Å². The summed E-state index contributed by atoms with van der Waals surface area (Å²) in [6.45, 7) is 4.61. The number of halogens is 1. The van der Waals surface area contributed by atoms with Crippen molar-refractivity contribution in [3.8, 4) is 0 Å². The molecule has 0 rings (SSSR count). The summed E-state index contributed by atoms with van der Waals surface area (Å²) in [4.78, 5) is 0. The molecule has 0 aromatic carbocycles. The number of rotatable bonds is 9. The van der Waals surface area contributed by atoms with E-state index < -0.39 is 0 Å². The normalized spacial score (nSPS) is 10.5. The summed E-state index contributed by atoms with van der Waals surface area (Å²) in [6.07, 6.45) is 4.11. The maximum Gasteiger partial charge on any atom is 0.00579 e. The molecule has 0 unspecified atom stereocenters. The highest BCUT2D eigenvalue weighted by atomic mass is 127. The zero-order valence-corrected chi connectivity index (χ0v) is 10.9. The summed E-state index contributed by atoms with van der Waals surface area (Å²) in [5.74, 6) is 2.51. The first kappa shape index (κ1) is 13.0. The van der Waals surface area contributed by atoms with Crippen LogP contribution in [0.1, 0.15) is 26.2 Å². The van der Waals surface area contributed by atoms with Gasteiger partial charge in [-0.3, -0.25) is 0 Å². The van der Waals surface area contributed by atoms with Crippen LogP contribution in [0.5, 0.6) is 0 Å². The van der Waals surface area contributed by atoms with Gasteiger partial charge in [-0.25, -0.2) is 0 Å². The maximum absolute atomic E-state index is 3.46. The van der Waals surface area contributed by atoms with Crippen LogP contribution in [0.15, 0.2) is 0 Å². The van der Waals surface area contributed by atoms with Crippen LogP contribution < -0.4 is 5.32 Å². The summed E-state index contributed by atoms with van der Waals surface area (Å²) in [5.41, 5.74) is 0. The highest BCUT2D eigenvalue weighted by Gasteiger charge is 1.88. The van der Waals surface area contributed by atoms with Gasteiger partial charge in [0.15, 0.2) is 0 Å². The molecule has 0 aromatic rings. The lowest BCUT2D eigenvalue weighted by atomic mass is 10.2. The van der Waals surface area contributed by atoms with Crippen molar-refractivity contribution in [2.45, 2.75) is 26.2 Å². The predicted octanol–water partition coefficient (Wildman–Crippen LogP) is 2.93. The lowest BCUT2D eigenvalue weighted by Gasteiger charge is -2.02. The van der Waals surface area contributed by atoms with Crippen molar-refractivity contribution >= 4 is 34.4 Å². The van der Waals surface area contributed by atoms with Crippen molar-refractivity contribution in [1.29, 1.82) is 0 Å². The van der Waals surface area contributed by atoms with Gasteiger partial charge in [0, 0.05) is 12.3 Å². The van der Waals surface area contributed by atoms with Gasteiger partial charge in [0.1, 0.15) is 0 Å². The first-order valence-electron chi connectivity index (χ1n) is 4.76. The Morgan fingerprint density at radius 2 is 2.00 bits per heavy atom. The van der Waals surface area contributed by atoms with Gasteiger partial charge in [-0.05, 0) is 29.6 Å². The Balaban J connectivity index is 2.73. The molecule has 0 atom stereocenters. The van der Waals surface area contributed by atoms with E-state index in [2.05, 4.69) is 34.8 Å². The van der Waals surface area contributed by atoms with Gasteiger partial charge in [0.25, 0.3) is 0 Å². The molecular formula is C9H20INS. The number of alkyl halides is 1. The SMILES string of the molecule is CCSCCNCCCCCI. The molecule has 0 spiro atoms. The van der Waals surface area contributed by atoms with E-state index in [1.54, 1.807) is 0 Å². The second kappa shape index (κ2) is 12.0. The molecule has 0 saturated heterocycles. The zero-order valence-electron chi connectivity index (χ0n) is 7.94. The van der Waals surface area contributed by atoms with Gasteiger partial charge >= 0.3 is 0 Å². The van der Waals surface area contributed by atoms with Gasteiger partial charge < -0.3 is 5.32 Å². The summed E-state index contributed by atoms with van der Waals surface area (Å²) < 4.78 is 1.31. The minimum Gasteiger partial charge on any atom is -0.316 e. The van der Waals surface area contributed by atoms with E-state index in [1.807, 2.05) is 11.8 Å². The second-order valence-electron chi connectivity index (χ2n) is 2.70. The van der Waals surface area contributed by atoms with Gasteiger partial charge in [-0.1, -0.05) is 35.9 Å². The van der Waals surface area contributed by atoms with Gasteiger partial charge in [0.2, 0.25) is 0 Å².